The summed E-state index contributed by atoms with van der Waals surface area (Å²) >= 11 is 2.05. The van der Waals surface area contributed by atoms with Crippen molar-refractivity contribution in [3.05, 3.63) is 88.0 Å². The quantitative estimate of drug-likeness (QED) is 0.0358. The van der Waals surface area contributed by atoms with Crippen LogP contribution in [0.3, 0.4) is 0 Å². The Balaban J connectivity index is 0.000000724. The predicted molar refractivity (Wildman–Crippen MR) is 380 cm³/mol. The van der Waals surface area contributed by atoms with Gasteiger partial charge < -0.3 is 5.53 Å². The molecule has 0 fully saturated rings. The molecule has 0 atom stereocenters. The van der Waals surface area contributed by atoms with Crippen LogP contribution >= 0.6 is 0 Å². The van der Waals surface area contributed by atoms with E-state index in [4.69, 9.17) is 0 Å². The number of aryl methyl sites for hydroxylation is 2. The molecule has 2 aromatic rings. The number of hydrogen-bond donors (Lipinski definition) is 0. The van der Waals surface area contributed by atoms with Gasteiger partial charge in [0.05, 0.1) is 0 Å². The van der Waals surface area contributed by atoms with Gasteiger partial charge in [-0.25, -0.2) is 4.70 Å². The Hall–Kier alpha value is -1.99. The van der Waals surface area contributed by atoms with E-state index < -0.39 is 0 Å². The number of allylic oxidation sites excluding steroid dienone is 2. The van der Waals surface area contributed by atoms with Crippen LogP contribution in [-0.2, 0) is 27.3 Å². The van der Waals surface area contributed by atoms with Gasteiger partial charge in [-0.05, 0) is 67.5 Å². The van der Waals surface area contributed by atoms with Crippen LogP contribution in [0.15, 0.2) is 60.2 Å². The summed E-state index contributed by atoms with van der Waals surface area (Å²) in [6, 6.07) is 17.2. The van der Waals surface area contributed by atoms with E-state index in [0.29, 0.717) is 0 Å². The zero-order chi connectivity index (χ0) is 60.8. The maximum atomic E-state index is 11.1. The van der Waals surface area contributed by atoms with Gasteiger partial charge in [-0.15, -0.1) is 0 Å². The van der Waals surface area contributed by atoms with Crippen LogP contribution < -0.4 is 0 Å². The van der Waals surface area contributed by atoms with E-state index in [1.54, 1.807) is 0 Å². The molecule has 1 aliphatic heterocycles. The van der Waals surface area contributed by atoms with Crippen molar-refractivity contribution in [1.82, 2.24) is 0 Å². The van der Waals surface area contributed by atoms with Crippen LogP contribution in [0.4, 0.5) is 0 Å². The summed E-state index contributed by atoms with van der Waals surface area (Å²) in [5, 5.41) is 2.87. The van der Waals surface area contributed by atoms with Gasteiger partial charge >= 0.3 is 166 Å². The van der Waals surface area contributed by atoms with Crippen LogP contribution in [0.5, 0.6) is 0 Å². The van der Waals surface area contributed by atoms with Crippen LogP contribution in [-0.4, -0.2) is 4.70 Å². The summed E-state index contributed by atoms with van der Waals surface area (Å²) in [6.07, 6.45) is 87.2. The monoisotopic (exact) mass is 1220 g/mol. The average molecular weight is 1220 g/mol. The third-order valence-corrected chi connectivity index (χ3v) is 20.0. The first kappa shape index (κ1) is 79.1. The molecule has 0 aromatic heterocycles. The summed E-state index contributed by atoms with van der Waals surface area (Å²) in [7, 11) is 0. The zero-order valence-electron chi connectivity index (χ0n) is 58.0. The molecule has 3 rings (SSSR count). The molecule has 2 aromatic carbocycles. The van der Waals surface area contributed by atoms with Crippen molar-refractivity contribution in [3.63, 3.8) is 0 Å². The number of benzene rings is 2. The smallest absolute Gasteiger partial charge is 0.493 e. The normalized spacial score (nSPS) is 12.5. The van der Waals surface area contributed by atoms with Crippen LogP contribution in [0.25, 0.3) is 16.9 Å². The minimum absolute atomic E-state index is 0.879. The molecule has 494 valence electrons. The van der Waals surface area contributed by atoms with Crippen LogP contribution in [0, 0.1) is 0 Å². The molecule has 2 nitrogen and oxygen atoms in total. The molecule has 85 heavy (non-hydrogen) atoms. The molecule has 0 unspecified atom stereocenters. The minimum Gasteiger partial charge on any atom is -0.493 e. The van der Waals surface area contributed by atoms with E-state index in [-0.39, 0.29) is 0 Å². The molecule has 0 bridgehead atoms. The van der Waals surface area contributed by atoms with Gasteiger partial charge in [0.2, 0.25) is 11.4 Å². The molecular weight excluding hydrogens is 1070 g/mol. The van der Waals surface area contributed by atoms with Crippen LogP contribution in [0.2, 0.25) is 10.8 Å². The van der Waals surface area contributed by atoms with E-state index in [1.165, 1.54) is 392 Å². The molecule has 1 aliphatic rings. The number of hydrogen-bond acceptors (Lipinski definition) is 0. The molecular formula is C82H146N2Ni. The Morgan fingerprint density at radius 3 is 0.812 bits per heavy atom. The Morgan fingerprint density at radius 2 is 0.541 bits per heavy atom. The Labute approximate surface area is 539 Å². The molecule has 3 heteroatoms. The van der Waals surface area contributed by atoms with E-state index in [0.717, 1.165) is 41.8 Å². The summed E-state index contributed by atoms with van der Waals surface area (Å²) in [6.45, 7) is 11.2. The van der Waals surface area contributed by atoms with Crippen molar-refractivity contribution < 1.29 is 19.1 Å². The van der Waals surface area contributed by atoms with E-state index in [2.05, 4.69) is 104 Å². The number of unbranched alkanes of at least 4 members (excludes halogenated alkanes) is 52. The molecule has 0 N–H and O–H groups in total. The molecule has 0 amide bonds. The molecule has 0 spiro atoms. The fourth-order valence-corrected chi connectivity index (χ4v) is 14.1. The Bertz CT molecular complexity index is 1750. The zero-order valence-corrected chi connectivity index (χ0v) is 59.0. The van der Waals surface area contributed by atoms with Gasteiger partial charge in [0.15, 0.2) is 0 Å². The number of nitrogens with zero attached hydrogens (tertiary/aromatic N) is 2. The average Bonchev–Trinajstić information content (AvgIpc) is 2.33. The topological polar surface area (TPSA) is 25.3 Å². The standard InChI is InChI=1S/2C28H57.C26H32N2.Ni/c2*1-3-5-7-9-11-13-15-17-19-21-23-25-27-28-26-24-22-20-18-16-14-12-10-8-6-4-2;1-4-7-11-20-13-9-15-23(17-20)25-19-22(6-3)26(28(25)27)24-16-10-14-21(18-24)12-8-5-2;/h2*1,3-28H2,2H3;9-10,13-19H,4-8,11-12H2,1-3H3;. The first-order valence-corrected chi connectivity index (χ1v) is 40.1. The van der Waals surface area contributed by atoms with Gasteiger partial charge in [0, 0.05) is 22.8 Å². The van der Waals surface area contributed by atoms with Crippen molar-refractivity contribution in [2.45, 2.75) is 424 Å². The predicted octanol–water partition coefficient (Wildman–Crippen LogP) is 29.8. The van der Waals surface area contributed by atoms with Crippen molar-refractivity contribution in [1.29, 1.82) is 0 Å². The first-order chi connectivity index (χ1) is 42.1. The third kappa shape index (κ3) is 46.7. The first-order valence-electron chi connectivity index (χ1n) is 38.7. The summed E-state index contributed by atoms with van der Waals surface area (Å²) in [5.74, 6) is 0. The molecule has 0 radical (unpaired) electrons. The van der Waals surface area contributed by atoms with Gasteiger partial charge in [0.1, 0.15) is 0 Å². The summed E-state index contributed by atoms with van der Waals surface area (Å²) < 4.78 is 1.40. The fraction of sp³-hybridized carbons (Fsp3) is 0.805. The van der Waals surface area contributed by atoms with E-state index in [9.17, 15) is 5.53 Å². The Morgan fingerprint density at radius 1 is 0.294 bits per heavy atom. The summed E-state index contributed by atoms with van der Waals surface area (Å²) in [4.78, 5) is 0. The molecule has 0 aliphatic carbocycles. The van der Waals surface area contributed by atoms with Crippen molar-refractivity contribution >= 4 is 11.4 Å². The third-order valence-electron chi connectivity index (χ3n) is 18.7. The van der Waals surface area contributed by atoms with Crippen molar-refractivity contribution in [2.24, 2.45) is 0 Å². The second-order valence-electron chi connectivity index (χ2n) is 26.8. The van der Waals surface area contributed by atoms with Crippen molar-refractivity contribution in [2.75, 3.05) is 0 Å². The van der Waals surface area contributed by atoms with Crippen LogP contribution in [0.1, 0.15) is 423 Å². The maximum absolute atomic E-state index is 11.1. The second kappa shape index (κ2) is 62.2. The molecule has 0 saturated heterocycles. The van der Waals surface area contributed by atoms with Crippen molar-refractivity contribution in [3.8, 4) is 0 Å². The SMILES string of the molecule is CCCCCCCCCCCCCCCCCCCCCCCCCCC[CH2][Ni][CH2]CCCCCCCCCCCCCCCCCCCCCCCCCCC.CCCCc1cccc(C2=CC(CC)=C(c3cccc(CCCC)c3)[N+]2=[N-])c1. The van der Waals surface area contributed by atoms with E-state index in [1.807, 2.05) is 0 Å². The second-order valence-corrected chi connectivity index (χ2v) is 28.3. The minimum atomic E-state index is 0.879. The van der Waals surface area contributed by atoms with Gasteiger partial charge in [-0.2, -0.15) is 0 Å². The van der Waals surface area contributed by atoms with Gasteiger partial charge in [-0.1, -0.05) is 264 Å². The van der Waals surface area contributed by atoms with E-state index >= 15 is 0 Å². The number of rotatable bonds is 63. The molecule has 0 saturated carbocycles. The Kier molecular flexibility index (Phi) is 57.9. The van der Waals surface area contributed by atoms with Gasteiger partial charge in [-0.3, -0.25) is 0 Å². The molecule has 1 heterocycles. The summed E-state index contributed by atoms with van der Waals surface area (Å²) in [5.41, 5.74) is 18.9. The van der Waals surface area contributed by atoms with Gasteiger partial charge in [0.25, 0.3) is 0 Å². The fourth-order valence-electron chi connectivity index (χ4n) is 12.9.